The van der Waals surface area contributed by atoms with Crippen LogP contribution in [0.4, 0.5) is 5.82 Å². The molecule has 0 saturated heterocycles. The van der Waals surface area contributed by atoms with Gasteiger partial charge in [-0.15, -0.1) is 11.3 Å². The average Bonchev–Trinajstić information content (AvgIpc) is 2.84. The Labute approximate surface area is 139 Å². The first-order valence-electron chi connectivity index (χ1n) is 7.15. The first-order chi connectivity index (χ1) is 10.0. The summed E-state index contributed by atoms with van der Waals surface area (Å²) in [6.07, 6.45) is 0. The standard InChI is InChI=1S/C16H22BrN3S/c1-12(2)8-18-9-14-5-4-6-16(19-14)20(3)10-15-7-13(17)11-21-15/h4-7,11-12,18H,8-10H2,1-3H3. The van der Waals surface area contributed by atoms with Crippen molar-refractivity contribution < 1.29 is 0 Å². The van der Waals surface area contributed by atoms with Gasteiger partial charge in [-0.1, -0.05) is 19.9 Å². The summed E-state index contributed by atoms with van der Waals surface area (Å²) in [5, 5.41) is 5.55. The first-order valence-corrected chi connectivity index (χ1v) is 8.82. The van der Waals surface area contributed by atoms with Crippen molar-refractivity contribution >= 4 is 33.1 Å². The maximum absolute atomic E-state index is 4.73. The summed E-state index contributed by atoms with van der Waals surface area (Å²) in [5.74, 6) is 1.68. The molecule has 2 aromatic heterocycles. The molecule has 0 radical (unpaired) electrons. The van der Waals surface area contributed by atoms with Crippen LogP contribution in [0.3, 0.4) is 0 Å². The Morgan fingerprint density at radius 2 is 2.19 bits per heavy atom. The monoisotopic (exact) mass is 367 g/mol. The summed E-state index contributed by atoms with van der Waals surface area (Å²) in [5.41, 5.74) is 1.09. The number of thiophene rings is 1. The molecule has 2 aromatic rings. The normalized spacial score (nSPS) is 11.1. The number of hydrogen-bond acceptors (Lipinski definition) is 4. The predicted octanol–water partition coefficient (Wildman–Crippen LogP) is 4.29. The molecule has 0 aliphatic carbocycles. The van der Waals surface area contributed by atoms with Gasteiger partial charge in [-0.3, -0.25) is 0 Å². The highest BCUT2D eigenvalue weighted by atomic mass is 79.9. The smallest absolute Gasteiger partial charge is 0.128 e. The molecule has 0 atom stereocenters. The molecule has 0 spiro atoms. The van der Waals surface area contributed by atoms with Gasteiger partial charge in [-0.25, -0.2) is 4.98 Å². The van der Waals surface area contributed by atoms with Crippen LogP contribution in [0.25, 0.3) is 0 Å². The molecule has 2 rings (SSSR count). The van der Waals surface area contributed by atoms with Gasteiger partial charge in [-0.05, 0) is 46.6 Å². The molecular formula is C16H22BrN3S. The molecule has 0 aromatic carbocycles. The van der Waals surface area contributed by atoms with Crippen LogP contribution in [0.15, 0.2) is 34.1 Å². The molecule has 5 heteroatoms. The van der Waals surface area contributed by atoms with E-state index >= 15 is 0 Å². The molecule has 0 aliphatic rings. The third-order valence-electron chi connectivity index (χ3n) is 3.06. The van der Waals surface area contributed by atoms with E-state index in [1.807, 2.05) is 0 Å². The maximum atomic E-state index is 4.73. The van der Waals surface area contributed by atoms with Gasteiger partial charge in [0.1, 0.15) is 5.82 Å². The summed E-state index contributed by atoms with van der Waals surface area (Å²) < 4.78 is 1.15. The summed E-state index contributed by atoms with van der Waals surface area (Å²) in [7, 11) is 2.08. The molecule has 21 heavy (non-hydrogen) atoms. The fourth-order valence-electron chi connectivity index (χ4n) is 2.02. The maximum Gasteiger partial charge on any atom is 0.128 e. The van der Waals surface area contributed by atoms with Crippen molar-refractivity contribution in [3.05, 3.63) is 44.7 Å². The second kappa shape index (κ2) is 7.92. The minimum atomic E-state index is 0.660. The lowest BCUT2D eigenvalue weighted by atomic mass is 10.2. The van der Waals surface area contributed by atoms with E-state index in [-0.39, 0.29) is 0 Å². The van der Waals surface area contributed by atoms with Gasteiger partial charge in [0.15, 0.2) is 0 Å². The van der Waals surface area contributed by atoms with Crippen molar-refractivity contribution in [2.24, 2.45) is 5.92 Å². The van der Waals surface area contributed by atoms with Crippen LogP contribution in [-0.2, 0) is 13.1 Å². The van der Waals surface area contributed by atoms with Crippen molar-refractivity contribution in [3.63, 3.8) is 0 Å². The molecule has 114 valence electrons. The summed E-state index contributed by atoms with van der Waals surface area (Å²) in [6.45, 7) is 7.15. The van der Waals surface area contributed by atoms with E-state index in [0.717, 1.165) is 35.6 Å². The van der Waals surface area contributed by atoms with Gasteiger partial charge in [0, 0.05) is 28.3 Å². The van der Waals surface area contributed by atoms with Gasteiger partial charge >= 0.3 is 0 Å². The van der Waals surface area contributed by atoms with E-state index in [1.54, 1.807) is 11.3 Å². The van der Waals surface area contributed by atoms with Crippen LogP contribution in [0.2, 0.25) is 0 Å². The van der Waals surface area contributed by atoms with Gasteiger partial charge in [-0.2, -0.15) is 0 Å². The van der Waals surface area contributed by atoms with E-state index < -0.39 is 0 Å². The second-order valence-electron chi connectivity index (χ2n) is 5.60. The number of hydrogen-bond donors (Lipinski definition) is 1. The lowest BCUT2D eigenvalue weighted by Gasteiger charge is -2.18. The fraction of sp³-hybridized carbons (Fsp3) is 0.438. The van der Waals surface area contributed by atoms with Crippen molar-refractivity contribution in [3.8, 4) is 0 Å². The van der Waals surface area contributed by atoms with Crippen LogP contribution in [-0.4, -0.2) is 18.6 Å². The Balaban J connectivity index is 1.95. The minimum Gasteiger partial charge on any atom is -0.355 e. The van der Waals surface area contributed by atoms with Crippen molar-refractivity contribution in [1.29, 1.82) is 0 Å². The molecular weight excluding hydrogens is 346 g/mol. The molecule has 0 bridgehead atoms. The zero-order valence-electron chi connectivity index (χ0n) is 12.8. The number of pyridine rings is 1. The lowest BCUT2D eigenvalue weighted by molar-refractivity contribution is 0.548. The van der Waals surface area contributed by atoms with E-state index in [2.05, 4.69) is 76.7 Å². The summed E-state index contributed by atoms with van der Waals surface area (Å²) in [4.78, 5) is 8.24. The highest BCUT2D eigenvalue weighted by Crippen LogP contribution is 2.22. The number of anilines is 1. The second-order valence-corrected chi connectivity index (χ2v) is 7.51. The minimum absolute atomic E-state index is 0.660. The Kier molecular flexibility index (Phi) is 6.21. The number of nitrogens with one attached hydrogen (secondary N) is 1. The van der Waals surface area contributed by atoms with Crippen LogP contribution in [0.5, 0.6) is 0 Å². The third-order valence-corrected chi connectivity index (χ3v) is 4.74. The first kappa shape index (κ1) is 16.5. The topological polar surface area (TPSA) is 28.2 Å². The number of nitrogens with zero attached hydrogens (tertiary/aromatic N) is 2. The average molecular weight is 368 g/mol. The van der Waals surface area contributed by atoms with Crippen molar-refractivity contribution in [2.45, 2.75) is 26.9 Å². The van der Waals surface area contributed by atoms with Gasteiger partial charge in [0.2, 0.25) is 0 Å². The Bertz CT molecular complexity index is 568. The van der Waals surface area contributed by atoms with E-state index in [9.17, 15) is 0 Å². The molecule has 0 saturated carbocycles. The van der Waals surface area contributed by atoms with Gasteiger partial charge in [0.25, 0.3) is 0 Å². The zero-order valence-corrected chi connectivity index (χ0v) is 15.2. The van der Waals surface area contributed by atoms with Crippen molar-refractivity contribution in [2.75, 3.05) is 18.5 Å². The van der Waals surface area contributed by atoms with Crippen LogP contribution in [0, 0.1) is 5.92 Å². The number of halogens is 1. The molecule has 0 aliphatic heterocycles. The predicted molar refractivity (Wildman–Crippen MR) is 94.9 cm³/mol. The van der Waals surface area contributed by atoms with Crippen LogP contribution in [0.1, 0.15) is 24.4 Å². The van der Waals surface area contributed by atoms with Crippen molar-refractivity contribution in [1.82, 2.24) is 10.3 Å². The molecule has 3 nitrogen and oxygen atoms in total. The highest BCUT2D eigenvalue weighted by Gasteiger charge is 2.06. The SMILES string of the molecule is CC(C)CNCc1cccc(N(C)Cc2cc(Br)cs2)n1. The van der Waals surface area contributed by atoms with Gasteiger partial charge < -0.3 is 10.2 Å². The summed E-state index contributed by atoms with van der Waals surface area (Å²) >= 11 is 5.26. The molecule has 2 heterocycles. The molecule has 0 fully saturated rings. The van der Waals surface area contributed by atoms with Gasteiger partial charge in [0.05, 0.1) is 12.2 Å². The summed E-state index contributed by atoms with van der Waals surface area (Å²) in [6, 6.07) is 8.38. The highest BCUT2D eigenvalue weighted by molar-refractivity contribution is 9.10. The number of rotatable bonds is 7. The number of aromatic nitrogens is 1. The Morgan fingerprint density at radius 1 is 1.38 bits per heavy atom. The quantitative estimate of drug-likeness (QED) is 0.790. The molecule has 0 unspecified atom stereocenters. The van der Waals surface area contributed by atoms with E-state index in [0.29, 0.717) is 5.92 Å². The zero-order chi connectivity index (χ0) is 15.2. The fourth-order valence-corrected chi connectivity index (χ4v) is 3.52. The Hall–Kier alpha value is -0.910. The van der Waals surface area contributed by atoms with E-state index in [1.165, 1.54) is 4.88 Å². The van der Waals surface area contributed by atoms with E-state index in [4.69, 9.17) is 4.98 Å². The van der Waals surface area contributed by atoms with Crippen LogP contribution >= 0.6 is 27.3 Å². The Morgan fingerprint density at radius 3 is 2.86 bits per heavy atom. The molecule has 1 N–H and O–H groups in total. The largest absolute Gasteiger partial charge is 0.355 e. The van der Waals surface area contributed by atoms with Crippen LogP contribution < -0.4 is 10.2 Å². The third kappa shape index (κ3) is 5.41. The lowest BCUT2D eigenvalue weighted by Crippen LogP contribution is -2.21. The molecule has 0 amide bonds.